The second kappa shape index (κ2) is 5.46. The van der Waals surface area contributed by atoms with Gasteiger partial charge in [0.15, 0.2) is 5.84 Å². The Morgan fingerprint density at radius 1 is 1.50 bits per heavy atom. The van der Waals surface area contributed by atoms with Crippen molar-refractivity contribution in [3.05, 3.63) is 40.3 Å². The van der Waals surface area contributed by atoms with Crippen LogP contribution in [0, 0.1) is 0 Å². The lowest BCUT2D eigenvalue weighted by Gasteiger charge is -2.22. The highest BCUT2D eigenvalue weighted by Crippen LogP contribution is 2.31. The molecule has 0 aliphatic heterocycles. The molecule has 2 aromatic heterocycles. The summed E-state index contributed by atoms with van der Waals surface area (Å²) in [7, 11) is 0. The molecule has 6 nitrogen and oxygen atoms in total. The van der Waals surface area contributed by atoms with Crippen molar-refractivity contribution in [2.75, 3.05) is 4.90 Å². The van der Waals surface area contributed by atoms with Crippen LogP contribution in [-0.2, 0) is 6.54 Å². The van der Waals surface area contributed by atoms with E-state index in [4.69, 9.17) is 10.9 Å². The fourth-order valence-electron chi connectivity index (χ4n) is 2.01. The van der Waals surface area contributed by atoms with E-state index in [2.05, 4.69) is 36.9 Å². The van der Waals surface area contributed by atoms with Gasteiger partial charge in [0.1, 0.15) is 5.69 Å². The van der Waals surface area contributed by atoms with Crippen LogP contribution in [0.25, 0.3) is 0 Å². The number of hydrogen-bond donors (Lipinski definition) is 2. The van der Waals surface area contributed by atoms with Crippen molar-refractivity contribution in [3.8, 4) is 0 Å². The van der Waals surface area contributed by atoms with Gasteiger partial charge in [0, 0.05) is 18.8 Å². The predicted molar refractivity (Wildman–Crippen MR) is 78.1 cm³/mol. The van der Waals surface area contributed by atoms with Crippen molar-refractivity contribution < 1.29 is 5.21 Å². The maximum absolute atomic E-state index is 8.74. The van der Waals surface area contributed by atoms with Crippen molar-refractivity contribution >= 4 is 23.1 Å². The maximum Gasteiger partial charge on any atom is 0.226 e. The third-order valence-electron chi connectivity index (χ3n) is 3.19. The van der Waals surface area contributed by atoms with Crippen LogP contribution in [0.4, 0.5) is 5.95 Å². The van der Waals surface area contributed by atoms with Gasteiger partial charge in [-0.05, 0) is 41.3 Å². The molecule has 2 heterocycles. The Bertz CT molecular complexity index is 609. The van der Waals surface area contributed by atoms with Crippen molar-refractivity contribution in [1.29, 1.82) is 0 Å². The number of hydrogen-bond acceptors (Lipinski definition) is 6. The van der Waals surface area contributed by atoms with Crippen LogP contribution in [0.1, 0.15) is 24.1 Å². The zero-order valence-electron chi connectivity index (χ0n) is 10.8. The Morgan fingerprint density at radius 3 is 3.00 bits per heavy atom. The molecule has 104 valence electrons. The van der Waals surface area contributed by atoms with Gasteiger partial charge in [-0.2, -0.15) is 11.3 Å². The van der Waals surface area contributed by atoms with E-state index < -0.39 is 0 Å². The van der Waals surface area contributed by atoms with Crippen molar-refractivity contribution in [2.45, 2.75) is 25.4 Å². The second-order valence-corrected chi connectivity index (χ2v) is 5.50. The van der Waals surface area contributed by atoms with Crippen molar-refractivity contribution in [3.63, 3.8) is 0 Å². The fraction of sp³-hybridized carbons (Fsp3) is 0.308. The van der Waals surface area contributed by atoms with Crippen LogP contribution in [-0.4, -0.2) is 27.1 Å². The SMILES string of the molecule is N/C(=N/O)c1ccnc(N(Cc2ccsc2)C2CC2)n1. The third-order valence-corrected chi connectivity index (χ3v) is 3.92. The largest absolute Gasteiger partial charge is 0.409 e. The van der Waals surface area contributed by atoms with Crippen LogP contribution in [0.5, 0.6) is 0 Å². The quantitative estimate of drug-likeness (QED) is 0.379. The summed E-state index contributed by atoms with van der Waals surface area (Å²) in [6, 6.07) is 4.22. The van der Waals surface area contributed by atoms with Gasteiger partial charge in [0.05, 0.1) is 0 Å². The normalized spacial score (nSPS) is 15.3. The van der Waals surface area contributed by atoms with E-state index in [9.17, 15) is 0 Å². The summed E-state index contributed by atoms with van der Waals surface area (Å²) in [4.78, 5) is 10.9. The summed E-state index contributed by atoms with van der Waals surface area (Å²) < 4.78 is 0. The first-order chi connectivity index (χ1) is 9.78. The van der Waals surface area contributed by atoms with E-state index in [1.165, 1.54) is 5.56 Å². The summed E-state index contributed by atoms with van der Waals surface area (Å²) in [6.07, 6.45) is 3.95. The van der Waals surface area contributed by atoms with Crippen LogP contribution < -0.4 is 10.6 Å². The molecule has 3 rings (SSSR count). The van der Waals surface area contributed by atoms with Gasteiger partial charge in [-0.25, -0.2) is 9.97 Å². The molecule has 0 saturated heterocycles. The Hall–Kier alpha value is -2.15. The Labute approximate surface area is 120 Å². The average molecular weight is 289 g/mol. The lowest BCUT2D eigenvalue weighted by atomic mass is 10.3. The van der Waals surface area contributed by atoms with Crippen molar-refractivity contribution in [1.82, 2.24) is 9.97 Å². The van der Waals surface area contributed by atoms with Gasteiger partial charge in [0.25, 0.3) is 0 Å². The molecule has 0 atom stereocenters. The summed E-state index contributed by atoms with van der Waals surface area (Å²) in [6.45, 7) is 0.786. The molecule has 0 spiro atoms. The molecule has 0 radical (unpaired) electrons. The van der Waals surface area contributed by atoms with Crippen LogP contribution in [0.15, 0.2) is 34.2 Å². The van der Waals surface area contributed by atoms with Crippen molar-refractivity contribution in [2.24, 2.45) is 10.9 Å². The lowest BCUT2D eigenvalue weighted by molar-refractivity contribution is 0.318. The molecule has 1 aliphatic carbocycles. The first-order valence-electron chi connectivity index (χ1n) is 6.36. The first kappa shape index (κ1) is 12.9. The van der Waals surface area contributed by atoms with Crippen LogP contribution >= 0.6 is 11.3 Å². The van der Waals surface area contributed by atoms with E-state index in [1.807, 2.05) is 0 Å². The molecular weight excluding hydrogens is 274 g/mol. The predicted octanol–water partition coefficient (Wildman–Crippen LogP) is 1.80. The van der Waals surface area contributed by atoms with Gasteiger partial charge in [-0.1, -0.05) is 5.16 Å². The molecule has 0 amide bonds. The van der Waals surface area contributed by atoms with Crippen LogP contribution in [0.3, 0.4) is 0 Å². The van der Waals surface area contributed by atoms with Gasteiger partial charge in [-0.15, -0.1) is 0 Å². The number of rotatable bonds is 5. The van der Waals surface area contributed by atoms with Gasteiger partial charge < -0.3 is 15.8 Å². The number of anilines is 1. The average Bonchev–Trinajstić information content (AvgIpc) is 3.20. The number of amidine groups is 1. The molecule has 0 unspecified atom stereocenters. The van der Waals surface area contributed by atoms with E-state index in [1.54, 1.807) is 23.6 Å². The topological polar surface area (TPSA) is 87.6 Å². The number of oxime groups is 1. The van der Waals surface area contributed by atoms with Gasteiger partial charge >= 0.3 is 0 Å². The Balaban J connectivity index is 1.87. The summed E-state index contributed by atoms with van der Waals surface area (Å²) in [5.74, 6) is 0.628. The summed E-state index contributed by atoms with van der Waals surface area (Å²) in [5, 5.41) is 15.9. The highest BCUT2D eigenvalue weighted by atomic mass is 32.1. The number of aromatic nitrogens is 2. The molecule has 1 aliphatic rings. The zero-order chi connectivity index (χ0) is 13.9. The van der Waals surface area contributed by atoms with E-state index in [0.29, 0.717) is 17.7 Å². The zero-order valence-corrected chi connectivity index (χ0v) is 11.6. The minimum Gasteiger partial charge on any atom is -0.409 e. The second-order valence-electron chi connectivity index (χ2n) is 4.72. The van der Waals surface area contributed by atoms with Crippen LogP contribution in [0.2, 0.25) is 0 Å². The summed E-state index contributed by atoms with van der Waals surface area (Å²) >= 11 is 1.68. The van der Waals surface area contributed by atoms with E-state index in [-0.39, 0.29) is 5.84 Å². The molecular formula is C13H15N5OS. The highest BCUT2D eigenvalue weighted by Gasteiger charge is 2.31. The number of nitrogens with zero attached hydrogens (tertiary/aromatic N) is 4. The minimum absolute atomic E-state index is 0.0000646. The van der Waals surface area contributed by atoms with E-state index in [0.717, 1.165) is 19.4 Å². The van der Waals surface area contributed by atoms with Gasteiger partial charge in [-0.3, -0.25) is 0 Å². The van der Waals surface area contributed by atoms with Gasteiger partial charge in [0.2, 0.25) is 5.95 Å². The number of thiophene rings is 1. The molecule has 1 saturated carbocycles. The monoisotopic (exact) mass is 289 g/mol. The molecule has 20 heavy (non-hydrogen) atoms. The standard InChI is InChI=1S/C13H15N5OS/c14-12(17-19)11-3-5-15-13(16-11)18(10-1-2-10)7-9-4-6-20-8-9/h3-6,8,10,19H,1-2,7H2,(H2,14,17). The maximum atomic E-state index is 8.74. The molecule has 0 aromatic carbocycles. The molecule has 3 N–H and O–H groups in total. The highest BCUT2D eigenvalue weighted by molar-refractivity contribution is 7.07. The Kier molecular flexibility index (Phi) is 3.51. The molecule has 1 fully saturated rings. The Morgan fingerprint density at radius 2 is 2.35 bits per heavy atom. The summed E-state index contributed by atoms with van der Waals surface area (Å²) in [5.41, 5.74) is 7.27. The lowest BCUT2D eigenvalue weighted by Crippen LogP contribution is -2.28. The third kappa shape index (κ3) is 2.72. The van der Waals surface area contributed by atoms with E-state index >= 15 is 0 Å². The number of nitrogens with two attached hydrogens (primary N) is 1. The molecule has 0 bridgehead atoms. The molecule has 7 heteroatoms. The fourth-order valence-corrected chi connectivity index (χ4v) is 2.67. The first-order valence-corrected chi connectivity index (χ1v) is 7.31. The smallest absolute Gasteiger partial charge is 0.226 e. The molecule has 2 aromatic rings. The minimum atomic E-state index is -0.0000646.